The third-order valence-electron chi connectivity index (χ3n) is 3.52. The van der Waals surface area contributed by atoms with Crippen LogP contribution in [0.3, 0.4) is 0 Å². The summed E-state index contributed by atoms with van der Waals surface area (Å²) in [5, 5.41) is 4.97. The normalized spacial score (nSPS) is 17.2. The summed E-state index contributed by atoms with van der Waals surface area (Å²) in [5.74, 6) is -0.585. The van der Waals surface area contributed by atoms with E-state index in [4.69, 9.17) is 5.14 Å². The molecule has 2 rings (SSSR count). The summed E-state index contributed by atoms with van der Waals surface area (Å²) in [6.45, 7) is 3.31. The molecule has 1 amide bonds. The Bertz CT molecular complexity index is 623. The largest absolute Gasteiger partial charge is 0.339 e. The maximum absolute atomic E-state index is 13.5. The predicted molar refractivity (Wildman–Crippen MR) is 72.1 cm³/mol. The number of benzene rings is 1. The molecule has 2 N–H and O–H groups in total. The Morgan fingerprint density at radius 3 is 2.45 bits per heavy atom. The van der Waals surface area contributed by atoms with E-state index in [2.05, 4.69) is 6.92 Å². The fourth-order valence-electron chi connectivity index (χ4n) is 2.24. The molecule has 1 heterocycles. The number of nitrogens with zero attached hydrogens (tertiary/aromatic N) is 1. The minimum absolute atomic E-state index is 0.0172. The zero-order chi connectivity index (χ0) is 14.9. The van der Waals surface area contributed by atoms with E-state index in [0.29, 0.717) is 19.0 Å². The maximum Gasteiger partial charge on any atom is 0.254 e. The van der Waals surface area contributed by atoms with Crippen molar-refractivity contribution in [2.45, 2.75) is 24.7 Å². The van der Waals surface area contributed by atoms with Crippen molar-refractivity contribution in [1.82, 2.24) is 4.90 Å². The van der Waals surface area contributed by atoms with E-state index < -0.39 is 15.8 Å². The van der Waals surface area contributed by atoms with Crippen LogP contribution in [0.4, 0.5) is 4.39 Å². The molecule has 1 aliphatic heterocycles. The van der Waals surface area contributed by atoms with Crippen LogP contribution in [0.15, 0.2) is 23.1 Å². The molecule has 110 valence electrons. The quantitative estimate of drug-likeness (QED) is 0.895. The molecule has 0 spiro atoms. The number of amides is 1. The smallest absolute Gasteiger partial charge is 0.254 e. The number of carbonyl (C=O) groups excluding carboxylic acids is 1. The Hall–Kier alpha value is -1.47. The molecule has 5 nitrogen and oxygen atoms in total. The van der Waals surface area contributed by atoms with Crippen LogP contribution in [-0.2, 0) is 10.0 Å². The summed E-state index contributed by atoms with van der Waals surface area (Å²) >= 11 is 0. The van der Waals surface area contributed by atoms with Crippen LogP contribution in [0.25, 0.3) is 0 Å². The van der Waals surface area contributed by atoms with E-state index in [-0.39, 0.29) is 16.4 Å². The van der Waals surface area contributed by atoms with Gasteiger partial charge in [0.05, 0.1) is 4.90 Å². The fourth-order valence-corrected chi connectivity index (χ4v) is 2.81. The highest BCUT2D eigenvalue weighted by Gasteiger charge is 2.23. The van der Waals surface area contributed by atoms with Gasteiger partial charge in [0, 0.05) is 18.7 Å². The van der Waals surface area contributed by atoms with E-state index in [1.807, 2.05) is 0 Å². The second kappa shape index (κ2) is 5.49. The molecule has 0 aromatic heterocycles. The maximum atomic E-state index is 13.5. The molecule has 0 bridgehead atoms. The Kier molecular flexibility index (Phi) is 4.10. The van der Waals surface area contributed by atoms with Gasteiger partial charge in [-0.15, -0.1) is 0 Å². The first-order valence-electron chi connectivity index (χ1n) is 6.40. The Morgan fingerprint density at radius 2 is 1.90 bits per heavy atom. The van der Waals surface area contributed by atoms with Crippen LogP contribution < -0.4 is 5.14 Å². The Labute approximate surface area is 117 Å². The molecule has 0 atom stereocenters. The first-order chi connectivity index (χ1) is 9.27. The lowest BCUT2D eigenvalue weighted by molar-refractivity contribution is 0.0696. The molecule has 1 aromatic rings. The SMILES string of the molecule is CC1CCN(C(=O)c2cc(F)cc(S(N)(=O)=O)c2)CC1. The van der Waals surface area contributed by atoms with Gasteiger partial charge in [0.25, 0.3) is 5.91 Å². The average molecular weight is 300 g/mol. The lowest BCUT2D eigenvalue weighted by atomic mass is 9.98. The minimum Gasteiger partial charge on any atom is -0.339 e. The number of hydrogen-bond acceptors (Lipinski definition) is 3. The van der Waals surface area contributed by atoms with E-state index in [9.17, 15) is 17.6 Å². The van der Waals surface area contributed by atoms with Gasteiger partial charge in [-0.3, -0.25) is 4.79 Å². The van der Waals surface area contributed by atoms with E-state index in [1.165, 1.54) is 0 Å². The standard InChI is InChI=1S/C13H17FN2O3S/c1-9-2-4-16(5-3-9)13(17)10-6-11(14)8-12(7-10)20(15,18)19/h6-9H,2-5H2,1H3,(H2,15,18,19). The monoisotopic (exact) mass is 300 g/mol. The zero-order valence-corrected chi connectivity index (χ0v) is 12.0. The summed E-state index contributed by atoms with van der Waals surface area (Å²) < 4.78 is 36.0. The number of likely N-dealkylation sites (tertiary alicyclic amines) is 1. The van der Waals surface area contributed by atoms with Gasteiger partial charge in [0.2, 0.25) is 10.0 Å². The number of sulfonamides is 1. The fraction of sp³-hybridized carbons (Fsp3) is 0.462. The van der Waals surface area contributed by atoms with Crippen LogP contribution in [0.5, 0.6) is 0 Å². The van der Waals surface area contributed by atoms with Crippen LogP contribution in [0.2, 0.25) is 0 Å². The van der Waals surface area contributed by atoms with Gasteiger partial charge in [-0.2, -0.15) is 0 Å². The second-order valence-corrected chi connectivity index (χ2v) is 6.76. The van der Waals surface area contributed by atoms with Gasteiger partial charge >= 0.3 is 0 Å². The lowest BCUT2D eigenvalue weighted by Gasteiger charge is -2.30. The van der Waals surface area contributed by atoms with Gasteiger partial charge in [0.1, 0.15) is 5.82 Å². The Morgan fingerprint density at radius 1 is 1.30 bits per heavy atom. The number of primary sulfonamides is 1. The van der Waals surface area contributed by atoms with Crippen LogP contribution >= 0.6 is 0 Å². The second-order valence-electron chi connectivity index (χ2n) is 5.20. The number of nitrogens with two attached hydrogens (primary N) is 1. The van der Waals surface area contributed by atoms with E-state index >= 15 is 0 Å². The highest BCUT2D eigenvalue weighted by Crippen LogP contribution is 2.20. The van der Waals surface area contributed by atoms with Gasteiger partial charge in [-0.05, 0) is 37.0 Å². The van der Waals surface area contributed by atoms with Crippen molar-refractivity contribution in [3.8, 4) is 0 Å². The van der Waals surface area contributed by atoms with Crippen molar-refractivity contribution in [3.63, 3.8) is 0 Å². The summed E-state index contributed by atoms with van der Waals surface area (Å²) in [4.78, 5) is 13.5. The first kappa shape index (κ1) is 14.9. The van der Waals surface area contributed by atoms with Crippen molar-refractivity contribution < 1.29 is 17.6 Å². The van der Waals surface area contributed by atoms with E-state index in [1.54, 1.807) is 4.90 Å². The number of rotatable bonds is 2. The van der Waals surface area contributed by atoms with Crippen LogP contribution in [-0.4, -0.2) is 32.3 Å². The number of halogens is 1. The van der Waals surface area contributed by atoms with Gasteiger partial charge in [-0.25, -0.2) is 17.9 Å². The summed E-state index contributed by atoms with van der Waals surface area (Å²) in [5.41, 5.74) is 0.0172. The molecular formula is C13H17FN2O3S. The van der Waals surface area contributed by atoms with Crippen molar-refractivity contribution >= 4 is 15.9 Å². The Balaban J connectivity index is 2.28. The third kappa shape index (κ3) is 3.34. The lowest BCUT2D eigenvalue weighted by Crippen LogP contribution is -2.38. The molecule has 0 unspecified atom stereocenters. The predicted octanol–water partition coefficient (Wildman–Crippen LogP) is 1.35. The van der Waals surface area contributed by atoms with Crippen molar-refractivity contribution in [2.24, 2.45) is 11.1 Å². The molecule has 1 fully saturated rings. The molecule has 1 aromatic carbocycles. The summed E-state index contributed by atoms with van der Waals surface area (Å²) in [7, 11) is -4.03. The first-order valence-corrected chi connectivity index (χ1v) is 7.94. The molecular weight excluding hydrogens is 283 g/mol. The zero-order valence-electron chi connectivity index (χ0n) is 11.2. The van der Waals surface area contributed by atoms with Crippen molar-refractivity contribution in [1.29, 1.82) is 0 Å². The highest BCUT2D eigenvalue weighted by atomic mass is 32.2. The van der Waals surface area contributed by atoms with Gasteiger partial charge in [0.15, 0.2) is 0 Å². The van der Waals surface area contributed by atoms with Crippen LogP contribution in [0, 0.1) is 11.7 Å². The van der Waals surface area contributed by atoms with Crippen LogP contribution in [0.1, 0.15) is 30.1 Å². The number of carbonyl (C=O) groups is 1. The number of hydrogen-bond donors (Lipinski definition) is 1. The molecule has 7 heteroatoms. The highest BCUT2D eigenvalue weighted by molar-refractivity contribution is 7.89. The summed E-state index contributed by atoms with van der Waals surface area (Å²) in [6.07, 6.45) is 1.78. The van der Waals surface area contributed by atoms with E-state index in [0.717, 1.165) is 31.0 Å². The molecule has 20 heavy (non-hydrogen) atoms. The molecule has 1 saturated heterocycles. The molecule has 0 radical (unpaired) electrons. The van der Waals surface area contributed by atoms with Gasteiger partial charge < -0.3 is 4.90 Å². The molecule has 1 aliphatic rings. The number of piperidine rings is 1. The average Bonchev–Trinajstić information content (AvgIpc) is 2.37. The molecule has 0 aliphatic carbocycles. The van der Waals surface area contributed by atoms with Gasteiger partial charge in [-0.1, -0.05) is 6.92 Å². The van der Waals surface area contributed by atoms with Crippen molar-refractivity contribution in [2.75, 3.05) is 13.1 Å². The minimum atomic E-state index is -4.03. The summed E-state index contributed by atoms with van der Waals surface area (Å²) in [6, 6.07) is 2.97. The third-order valence-corrected chi connectivity index (χ3v) is 4.41. The van der Waals surface area contributed by atoms with Crippen molar-refractivity contribution in [3.05, 3.63) is 29.6 Å². The molecule has 0 saturated carbocycles. The topological polar surface area (TPSA) is 80.5 Å².